The molecule has 0 radical (unpaired) electrons. The van der Waals surface area contributed by atoms with Crippen LogP contribution in [0.2, 0.25) is 0 Å². The monoisotopic (exact) mass is 377 g/mol. The average Bonchev–Trinajstić information content (AvgIpc) is 3.14. The van der Waals surface area contributed by atoms with Crippen LogP contribution in [0, 0.1) is 0 Å². The summed E-state index contributed by atoms with van der Waals surface area (Å²) in [5.74, 6) is 1.74. The Morgan fingerprint density at radius 1 is 1.18 bits per heavy atom. The van der Waals surface area contributed by atoms with Gasteiger partial charge in [0.05, 0.1) is 30.1 Å². The molecule has 1 atom stereocenters. The van der Waals surface area contributed by atoms with Gasteiger partial charge in [0.15, 0.2) is 6.17 Å². The topological polar surface area (TPSA) is 70.8 Å². The van der Waals surface area contributed by atoms with E-state index in [1.807, 2.05) is 42.6 Å². The third-order valence-corrected chi connectivity index (χ3v) is 5.15. The van der Waals surface area contributed by atoms with Gasteiger partial charge >= 0.3 is 0 Å². The third kappa shape index (κ3) is 2.90. The number of pyridine rings is 1. The number of nitrogens with one attached hydrogen (secondary N) is 1. The molecule has 8 heteroatoms. The van der Waals surface area contributed by atoms with E-state index in [4.69, 9.17) is 14.7 Å². The van der Waals surface area contributed by atoms with Crippen molar-refractivity contribution in [1.29, 1.82) is 0 Å². The summed E-state index contributed by atoms with van der Waals surface area (Å²) in [5.41, 5.74) is 2.99. The molecule has 0 saturated heterocycles. The highest BCUT2D eigenvalue weighted by Crippen LogP contribution is 2.33. The van der Waals surface area contributed by atoms with Crippen molar-refractivity contribution >= 4 is 22.9 Å². The van der Waals surface area contributed by atoms with Gasteiger partial charge in [0.1, 0.15) is 0 Å². The number of para-hydroxylation sites is 2. The van der Waals surface area contributed by atoms with Gasteiger partial charge in [-0.15, -0.1) is 0 Å². The highest BCUT2D eigenvalue weighted by atomic mass is 16.5. The Bertz CT molecular complexity index is 1000. The predicted octanol–water partition coefficient (Wildman–Crippen LogP) is 2.01. The van der Waals surface area contributed by atoms with Crippen LogP contribution in [0.5, 0.6) is 0 Å². The number of hydrogen-bond donors (Lipinski definition) is 1. The summed E-state index contributed by atoms with van der Waals surface area (Å²) in [5, 5.41) is 3.58. The first-order valence-electron chi connectivity index (χ1n) is 9.53. The second-order valence-electron chi connectivity index (χ2n) is 7.01. The molecule has 4 heterocycles. The largest absolute Gasteiger partial charge is 0.385 e. The molecule has 144 valence electrons. The molecule has 5 rings (SSSR count). The van der Waals surface area contributed by atoms with E-state index < -0.39 is 0 Å². The van der Waals surface area contributed by atoms with E-state index in [1.54, 1.807) is 7.11 Å². The van der Waals surface area contributed by atoms with Crippen LogP contribution in [-0.2, 0) is 4.74 Å². The molecule has 0 amide bonds. The number of aromatic nitrogens is 3. The van der Waals surface area contributed by atoms with Crippen molar-refractivity contribution in [3.63, 3.8) is 0 Å². The summed E-state index contributed by atoms with van der Waals surface area (Å²) in [4.78, 5) is 18.8. The zero-order valence-corrected chi connectivity index (χ0v) is 15.8. The summed E-state index contributed by atoms with van der Waals surface area (Å²) < 4.78 is 7.40. The molecular weight excluding hydrogens is 354 g/mol. The van der Waals surface area contributed by atoms with Crippen LogP contribution in [0.1, 0.15) is 18.3 Å². The summed E-state index contributed by atoms with van der Waals surface area (Å²) in [6.45, 7) is 3.10. The lowest BCUT2D eigenvalue weighted by Crippen LogP contribution is -2.57. The van der Waals surface area contributed by atoms with E-state index in [1.165, 1.54) is 0 Å². The third-order valence-electron chi connectivity index (χ3n) is 5.15. The van der Waals surface area contributed by atoms with Crippen molar-refractivity contribution in [3.05, 3.63) is 54.4 Å². The minimum absolute atomic E-state index is 0.140. The van der Waals surface area contributed by atoms with Gasteiger partial charge in [0.2, 0.25) is 11.9 Å². The Morgan fingerprint density at radius 2 is 2.07 bits per heavy atom. The lowest BCUT2D eigenvalue weighted by Gasteiger charge is -2.41. The Hall–Kier alpha value is -2.97. The van der Waals surface area contributed by atoms with Gasteiger partial charge in [0, 0.05) is 26.5 Å². The van der Waals surface area contributed by atoms with Crippen molar-refractivity contribution in [1.82, 2.24) is 24.8 Å². The van der Waals surface area contributed by atoms with Crippen LogP contribution in [0.25, 0.3) is 11.0 Å². The highest BCUT2D eigenvalue weighted by molar-refractivity contribution is 5.98. The maximum Gasteiger partial charge on any atom is 0.216 e. The molecule has 1 N–H and O–H groups in total. The van der Waals surface area contributed by atoms with Gasteiger partial charge < -0.3 is 10.1 Å². The number of aliphatic imine (C=N–C) groups is 1. The van der Waals surface area contributed by atoms with Crippen molar-refractivity contribution in [3.8, 4) is 0 Å². The summed E-state index contributed by atoms with van der Waals surface area (Å²) in [6.07, 6.45) is 2.66. The maximum absolute atomic E-state index is 5.19. The van der Waals surface area contributed by atoms with Crippen LogP contribution in [0.3, 0.4) is 0 Å². The minimum Gasteiger partial charge on any atom is -0.385 e. The lowest BCUT2D eigenvalue weighted by atomic mass is 10.2. The van der Waals surface area contributed by atoms with Gasteiger partial charge in [-0.25, -0.2) is 9.98 Å². The molecule has 0 bridgehead atoms. The zero-order chi connectivity index (χ0) is 18.9. The summed E-state index contributed by atoms with van der Waals surface area (Å²) in [6, 6.07) is 14.2. The molecule has 28 heavy (non-hydrogen) atoms. The van der Waals surface area contributed by atoms with Crippen LogP contribution < -0.4 is 10.2 Å². The van der Waals surface area contributed by atoms with Crippen molar-refractivity contribution in [2.45, 2.75) is 12.6 Å². The molecule has 0 spiro atoms. The van der Waals surface area contributed by atoms with Gasteiger partial charge in [-0.3, -0.25) is 19.4 Å². The number of ether oxygens (including phenoxy) is 1. The number of fused-ring (bicyclic) bond motifs is 5. The smallest absolute Gasteiger partial charge is 0.216 e. The first kappa shape index (κ1) is 17.2. The fourth-order valence-electron chi connectivity index (χ4n) is 3.83. The van der Waals surface area contributed by atoms with E-state index in [-0.39, 0.29) is 6.17 Å². The average molecular weight is 377 g/mol. The fraction of sp³-hybridized carbons (Fsp3) is 0.350. The highest BCUT2D eigenvalue weighted by Gasteiger charge is 2.36. The Kier molecular flexibility index (Phi) is 4.42. The van der Waals surface area contributed by atoms with E-state index >= 15 is 0 Å². The Morgan fingerprint density at radius 3 is 2.93 bits per heavy atom. The second kappa shape index (κ2) is 7.21. The predicted molar refractivity (Wildman–Crippen MR) is 108 cm³/mol. The van der Waals surface area contributed by atoms with E-state index in [9.17, 15) is 0 Å². The molecule has 8 nitrogen and oxygen atoms in total. The van der Waals surface area contributed by atoms with E-state index in [0.717, 1.165) is 54.9 Å². The van der Waals surface area contributed by atoms with Crippen molar-refractivity contribution < 1.29 is 4.74 Å². The first-order valence-corrected chi connectivity index (χ1v) is 9.53. The fourth-order valence-corrected chi connectivity index (χ4v) is 3.83. The summed E-state index contributed by atoms with van der Waals surface area (Å²) in [7, 11) is 1.74. The van der Waals surface area contributed by atoms with Crippen molar-refractivity contribution in [2.24, 2.45) is 4.99 Å². The first-order chi connectivity index (χ1) is 13.8. The van der Waals surface area contributed by atoms with E-state index in [0.29, 0.717) is 6.67 Å². The van der Waals surface area contributed by atoms with Crippen LogP contribution >= 0.6 is 0 Å². The molecule has 3 aromatic rings. The number of benzene rings is 1. The molecule has 2 aliphatic heterocycles. The normalized spacial score (nSPS) is 19.1. The Balaban J connectivity index is 1.56. The van der Waals surface area contributed by atoms with Crippen LogP contribution in [-0.4, -0.2) is 59.0 Å². The molecule has 1 aromatic carbocycles. The number of guanidine groups is 1. The number of hydrogen-bond acceptors (Lipinski definition) is 7. The quantitative estimate of drug-likeness (QED) is 0.686. The van der Waals surface area contributed by atoms with Crippen molar-refractivity contribution in [2.75, 3.05) is 38.5 Å². The van der Waals surface area contributed by atoms with Gasteiger partial charge in [-0.05, 0) is 30.7 Å². The van der Waals surface area contributed by atoms with Gasteiger partial charge in [0.25, 0.3) is 0 Å². The molecule has 2 aromatic heterocycles. The molecule has 0 aliphatic carbocycles. The maximum atomic E-state index is 5.19. The zero-order valence-electron chi connectivity index (χ0n) is 15.8. The summed E-state index contributed by atoms with van der Waals surface area (Å²) >= 11 is 0. The molecular formula is C20H23N7O. The van der Waals surface area contributed by atoms with E-state index in [2.05, 4.69) is 30.7 Å². The second-order valence-corrected chi connectivity index (χ2v) is 7.01. The number of anilines is 1. The molecule has 2 aliphatic rings. The van der Waals surface area contributed by atoms with Crippen LogP contribution in [0.4, 0.5) is 5.95 Å². The number of imidazole rings is 1. The molecule has 0 unspecified atom stereocenters. The lowest BCUT2D eigenvalue weighted by molar-refractivity contribution is 0.171. The molecule has 0 fully saturated rings. The number of rotatable bonds is 5. The van der Waals surface area contributed by atoms with Gasteiger partial charge in [-0.1, -0.05) is 18.2 Å². The number of nitrogens with zero attached hydrogens (tertiary/aromatic N) is 6. The van der Waals surface area contributed by atoms with Gasteiger partial charge in [-0.2, -0.15) is 0 Å². The number of methoxy groups -OCH3 is 1. The Labute approximate surface area is 163 Å². The standard InChI is InChI=1S/C20H23N7O/c1-28-12-6-11-25-13-22-19-24-18(16-8-4-5-10-21-16)27-17-9-3-2-7-15(17)23-20(27)26(19)14-25/h2-5,7-10,18H,6,11-14H2,1H3,(H,22,24)/t18-/m1/s1. The molecule has 0 saturated carbocycles. The minimum atomic E-state index is -0.140. The SMILES string of the molecule is COCCCN1CN=C2N[C@@H](c3ccccn3)n3c(nc4ccccc43)N2C1. The van der Waals surface area contributed by atoms with Crippen LogP contribution in [0.15, 0.2) is 53.7 Å².